The van der Waals surface area contributed by atoms with E-state index in [-0.39, 0.29) is 42.3 Å². The van der Waals surface area contributed by atoms with Gasteiger partial charge in [0.2, 0.25) is 0 Å². The normalized spacial score (nSPS) is 9.18. The third-order valence-electron chi connectivity index (χ3n) is 2.08. The summed E-state index contributed by atoms with van der Waals surface area (Å²) in [4.78, 5) is 11.7. The monoisotopic (exact) mass is 238 g/mol. The van der Waals surface area contributed by atoms with Crippen molar-refractivity contribution < 1.29 is 45.6 Å². The van der Waals surface area contributed by atoms with Crippen molar-refractivity contribution in [2.45, 2.75) is 0 Å². The number of ether oxygens (including phenoxy) is 1. The van der Waals surface area contributed by atoms with Crippen molar-refractivity contribution in [2.24, 2.45) is 0 Å². The molecule has 0 saturated heterocycles. The van der Waals surface area contributed by atoms with Crippen LogP contribution in [0.2, 0.25) is 0 Å². The van der Waals surface area contributed by atoms with Gasteiger partial charge in [-0.3, -0.25) is 0 Å². The van der Waals surface area contributed by atoms with Gasteiger partial charge in [0, 0.05) is 0 Å². The second kappa shape index (κ2) is 6.45. The average Bonchev–Trinajstić information content (AvgIpc) is 2.31. The van der Waals surface area contributed by atoms with Gasteiger partial charge < -0.3 is 11.3 Å². The van der Waals surface area contributed by atoms with Crippen LogP contribution in [-0.2, 0) is 0 Å². The van der Waals surface area contributed by atoms with Crippen LogP contribution in [0.3, 0.4) is 0 Å². The van der Waals surface area contributed by atoms with Crippen molar-refractivity contribution in [3.8, 4) is 11.5 Å². The van der Waals surface area contributed by atoms with E-state index in [0.29, 0.717) is 5.75 Å². The van der Waals surface area contributed by atoms with Crippen molar-refractivity contribution in [1.29, 1.82) is 0 Å². The Kier molecular flexibility index (Phi) is 5.22. The van der Waals surface area contributed by atoms with Gasteiger partial charge in [-0.15, -0.1) is 0 Å². The zero-order valence-electron chi connectivity index (χ0n) is 10.5. The summed E-state index contributed by atoms with van der Waals surface area (Å²) in [6, 6.07) is 15.0. The number of carbonyl (C=O) groups is 1. The second-order valence-electron chi connectivity index (χ2n) is 3.22. The number of hydrogen-bond acceptors (Lipinski definition) is 3. The first-order chi connectivity index (χ1) is 7.77. The minimum atomic E-state index is -0.565. The maximum Gasteiger partial charge on any atom is 1.00 e. The van der Waals surface area contributed by atoms with Crippen LogP contribution < -0.4 is 34.3 Å². The van der Waals surface area contributed by atoms with Gasteiger partial charge in [-0.25, -0.2) is 4.79 Å². The molecule has 3 nitrogen and oxygen atoms in total. The Morgan fingerprint density at radius 1 is 1.00 bits per heavy atom. The number of aromatic hydroxyl groups is 1. The SMILES string of the molecule is O=C(Oc1ccccc1)c1ccccc1O.[H-].[Na+]. The molecule has 82 valence electrons. The molecule has 0 bridgehead atoms. The van der Waals surface area contributed by atoms with E-state index < -0.39 is 5.97 Å². The summed E-state index contributed by atoms with van der Waals surface area (Å²) >= 11 is 0. The minimum absolute atomic E-state index is 0. The molecule has 17 heavy (non-hydrogen) atoms. The number of para-hydroxylation sites is 2. The molecule has 4 heteroatoms. The fraction of sp³-hybridized carbons (Fsp3) is 0. The number of hydrogen-bond donors (Lipinski definition) is 1. The largest absolute Gasteiger partial charge is 1.00 e. The van der Waals surface area contributed by atoms with Crippen molar-refractivity contribution in [1.82, 2.24) is 0 Å². The first-order valence-corrected chi connectivity index (χ1v) is 4.82. The molecule has 1 N–H and O–H groups in total. The zero-order valence-corrected chi connectivity index (χ0v) is 11.5. The first-order valence-electron chi connectivity index (χ1n) is 4.82. The van der Waals surface area contributed by atoms with E-state index in [1.54, 1.807) is 36.4 Å². The summed E-state index contributed by atoms with van der Waals surface area (Å²) in [5, 5.41) is 9.46. The quantitative estimate of drug-likeness (QED) is 0.445. The van der Waals surface area contributed by atoms with Crippen LogP contribution in [0.15, 0.2) is 54.6 Å². The van der Waals surface area contributed by atoms with Crippen LogP contribution in [0, 0.1) is 0 Å². The third kappa shape index (κ3) is 3.60. The van der Waals surface area contributed by atoms with E-state index in [1.165, 1.54) is 12.1 Å². The smallest absolute Gasteiger partial charge is 1.00 e. The van der Waals surface area contributed by atoms with E-state index in [0.717, 1.165) is 0 Å². The molecule has 0 heterocycles. The van der Waals surface area contributed by atoms with Gasteiger partial charge in [-0.05, 0) is 24.3 Å². The Hall–Kier alpha value is -1.29. The number of rotatable bonds is 2. The minimum Gasteiger partial charge on any atom is -1.00 e. The fourth-order valence-electron chi connectivity index (χ4n) is 1.30. The van der Waals surface area contributed by atoms with Crippen LogP contribution in [0.5, 0.6) is 11.5 Å². The molecule has 2 aromatic rings. The fourth-order valence-corrected chi connectivity index (χ4v) is 1.30. The van der Waals surface area contributed by atoms with Crippen LogP contribution in [0.1, 0.15) is 11.8 Å². The molecule has 0 aliphatic carbocycles. The molecule has 2 rings (SSSR count). The van der Waals surface area contributed by atoms with Gasteiger partial charge in [0.1, 0.15) is 17.1 Å². The van der Waals surface area contributed by atoms with Crippen LogP contribution in [-0.4, -0.2) is 11.1 Å². The molecule has 0 spiro atoms. The maximum atomic E-state index is 11.7. The topological polar surface area (TPSA) is 46.5 Å². The molecule has 2 aromatic carbocycles. The van der Waals surface area contributed by atoms with Crippen LogP contribution in [0.4, 0.5) is 0 Å². The molecule has 0 unspecified atom stereocenters. The zero-order chi connectivity index (χ0) is 11.4. The summed E-state index contributed by atoms with van der Waals surface area (Å²) in [6.07, 6.45) is 0. The molecule has 0 aliphatic heterocycles. The molecule has 0 amide bonds. The standard InChI is InChI=1S/C13H10O3.Na.H/c14-12-9-5-4-8-11(12)13(15)16-10-6-2-1-3-7-10;;/h1-9,14H;;/q;+1;-1. The van der Waals surface area contributed by atoms with Crippen molar-refractivity contribution >= 4 is 5.97 Å². The Balaban J connectivity index is 0.00000144. The molecule has 0 fully saturated rings. The van der Waals surface area contributed by atoms with Crippen molar-refractivity contribution in [3.05, 3.63) is 60.2 Å². The van der Waals surface area contributed by atoms with Crippen LogP contribution >= 0.6 is 0 Å². The molecule has 0 saturated carbocycles. The van der Waals surface area contributed by atoms with Gasteiger partial charge in [0.15, 0.2) is 0 Å². The summed E-state index contributed by atoms with van der Waals surface area (Å²) in [6.45, 7) is 0. The summed E-state index contributed by atoms with van der Waals surface area (Å²) in [5.41, 5.74) is 0.159. The Morgan fingerprint density at radius 3 is 2.24 bits per heavy atom. The number of benzene rings is 2. The van der Waals surface area contributed by atoms with E-state index in [9.17, 15) is 9.90 Å². The maximum absolute atomic E-state index is 11.7. The van der Waals surface area contributed by atoms with Gasteiger partial charge in [-0.1, -0.05) is 30.3 Å². The number of esters is 1. The van der Waals surface area contributed by atoms with E-state index in [2.05, 4.69) is 0 Å². The Labute approximate surface area is 123 Å². The average molecular weight is 238 g/mol. The van der Waals surface area contributed by atoms with Gasteiger partial charge in [0.05, 0.1) is 0 Å². The van der Waals surface area contributed by atoms with Crippen LogP contribution in [0.25, 0.3) is 0 Å². The van der Waals surface area contributed by atoms with Crippen molar-refractivity contribution in [2.75, 3.05) is 0 Å². The molecular weight excluding hydrogens is 227 g/mol. The predicted octanol–water partition coefficient (Wildman–Crippen LogP) is -0.272. The third-order valence-corrected chi connectivity index (χ3v) is 2.08. The number of phenolic OH excluding ortho intramolecular Hbond substituents is 1. The molecule has 0 radical (unpaired) electrons. The van der Waals surface area contributed by atoms with E-state index in [4.69, 9.17) is 4.74 Å². The first kappa shape index (κ1) is 13.8. The Morgan fingerprint density at radius 2 is 1.59 bits per heavy atom. The molecule has 0 atom stereocenters. The van der Waals surface area contributed by atoms with Gasteiger partial charge in [-0.2, -0.15) is 0 Å². The summed E-state index contributed by atoms with van der Waals surface area (Å²) in [5.74, 6) is -0.191. The number of carbonyl (C=O) groups excluding carboxylic acids is 1. The predicted molar refractivity (Wildman–Crippen MR) is 60.6 cm³/mol. The summed E-state index contributed by atoms with van der Waals surface area (Å²) < 4.78 is 5.08. The molecule has 0 aliphatic rings. The van der Waals surface area contributed by atoms with E-state index >= 15 is 0 Å². The molecular formula is C13H11NaO3. The Bertz CT molecular complexity index is 503. The summed E-state index contributed by atoms with van der Waals surface area (Å²) in [7, 11) is 0. The second-order valence-corrected chi connectivity index (χ2v) is 3.22. The van der Waals surface area contributed by atoms with Crippen molar-refractivity contribution in [3.63, 3.8) is 0 Å². The van der Waals surface area contributed by atoms with Gasteiger partial charge >= 0.3 is 35.5 Å². The van der Waals surface area contributed by atoms with E-state index in [1.807, 2.05) is 6.07 Å². The molecule has 0 aromatic heterocycles. The number of phenols is 1. The van der Waals surface area contributed by atoms with Gasteiger partial charge in [0.25, 0.3) is 0 Å².